The Hall–Kier alpha value is -2.95. The lowest BCUT2D eigenvalue weighted by atomic mass is 10.00. The van der Waals surface area contributed by atoms with Gasteiger partial charge in [-0.1, -0.05) is 53.7 Å². The molecule has 0 amide bonds. The fourth-order valence-corrected chi connectivity index (χ4v) is 1.98. The van der Waals surface area contributed by atoms with Gasteiger partial charge < -0.3 is 9.94 Å². The van der Waals surface area contributed by atoms with Crippen LogP contribution in [0.2, 0.25) is 0 Å². The normalized spacial score (nSPS) is 11.0. The lowest BCUT2D eigenvalue weighted by Gasteiger charge is -2.06. The zero-order valence-corrected chi connectivity index (χ0v) is 12.0. The van der Waals surface area contributed by atoms with Crippen LogP contribution in [0.25, 0.3) is 0 Å². The summed E-state index contributed by atoms with van der Waals surface area (Å²) in [6.45, 7) is 1.82. The van der Waals surface area contributed by atoms with Crippen LogP contribution >= 0.6 is 0 Å². The molecule has 0 saturated carbocycles. The van der Waals surface area contributed by atoms with Crippen LogP contribution in [-0.4, -0.2) is 29.3 Å². The highest BCUT2D eigenvalue weighted by Gasteiger charge is 2.18. The lowest BCUT2D eigenvalue weighted by molar-refractivity contribution is -0.135. The number of oxime groups is 1. The number of carbonyl (C=O) groups is 2. The molecule has 5 nitrogen and oxygen atoms in total. The Morgan fingerprint density at radius 2 is 1.64 bits per heavy atom. The number of carbonyl (C=O) groups excluding carboxylic acids is 2. The summed E-state index contributed by atoms with van der Waals surface area (Å²) in [5.74, 6) is -0.919. The molecule has 0 fully saturated rings. The summed E-state index contributed by atoms with van der Waals surface area (Å²) >= 11 is 0. The van der Waals surface area contributed by atoms with Crippen molar-refractivity contribution in [2.45, 2.75) is 6.92 Å². The average molecular weight is 297 g/mol. The summed E-state index contributed by atoms with van der Waals surface area (Å²) in [5.41, 5.74) is 1.03. The Kier molecular flexibility index (Phi) is 5.03. The largest absolute Gasteiger partial charge is 0.461 e. The fraction of sp³-hybridized carbons (Fsp3) is 0.118. The first kappa shape index (κ1) is 15.4. The van der Waals surface area contributed by atoms with Gasteiger partial charge in [-0.05, 0) is 13.0 Å². The van der Waals surface area contributed by atoms with Gasteiger partial charge in [-0.25, -0.2) is 4.79 Å². The minimum atomic E-state index is -0.741. The van der Waals surface area contributed by atoms with E-state index in [9.17, 15) is 9.59 Å². The molecular weight excluding hydrogens is 282 g/mol. The topological polar surface area (TPSA) is 76.0 Å². The van der Waals surface area contributed by atoms with Crippen LogP contribution in [0.1, 0.15) is 28.4 Å². The molecule has 0 saturated heterocycles. The van der Waals surface area contributed by atoms with Gasteiger partial charge in [0.2, 0.25) is 0 Å². The zero-order valence-electron chi connectivity index (χ0n) is 12.0. The van der Waals surface area contributed by atoms with Crippen LogP contribution in [0.15, 0.2) is 59.8 Å². The second kappa shape index (κ2) is 7.17. The van der Waals surface area contributed by atoms with E-state index in [1.807, 2.05) is 6.07 Å². The molecule has 0 atom stereocenters. The molecule has 0 aromatic heterocycles. The van der Waals surface area contributed by atoms with Crippen molar-refractivity contribution in [3.8, 4) is 0 Å². The molecule has 112 valence electrons. The predicted molar refractivity (Wildman–Crippen MR) is 81.3 cm³/mol. The van der Waals surface area contributed by atoms with Gasteiger partial charge in [0, 0.05) is 16.7 Å². The highest BCUT2D eigenvalue weighted by molar-refractivity contribution is 6.43. The van der Waals surface area contributed by atoms with Gasteiger partial charge in [0.15, 0.2) is 11.5 Å². The summed E-state index contributed by atoms with van der Waals surface area (Å²) in [5, 5.41) is 12.0. The van der Waals surface area contributed by atoms with Crippen LogP contribution in [0.4, 0.5) is 0 Å². The van der Waals surface area contributed by atoms with E-state index in [2.05, 4.69) is 5.16 Å². The van der Waals surface area contributed by atoms with Crippen molar-refractivity contribution in [2.24, 2.45) is 5.16 Å². The second-order valence-corrected chi connectivity index (χ2v) is 4.45. The molecule has 0 spiro atoms. The maximum absolute atomic E-state index is 12.4. The molecule has 0 aliphatic heterocycles. The third-order valence-corrected chi connectivity index (χ3v) is 3.00. The molecule has 2 rings (SSSR count). The first-order valence-corrected chi connectivity index (χ1v) is 6.76. The monoisotopic (exact) mass is 297 g/mol. The molecule has 1 N–H and O–H groups in total. The Balaban J connectivity index is 2.34. The minimum absolute atomic E-state index is 0.167. The number of rotatable bonds is 5. The number of nitrogens with zero attached hydrogens (tertiary/aromatic N) is 1. The second-order valence-electron chi connectivity index (χ2n) is 4.45. The first-order chi connectivity index (χ1) is 10.7. The third-order valence-electron chi connectivity index (χ3n) is 3.00. The molecule has 22 heavy (non-hydrogen) atoms. The maximum atomic E-state index is 12.4. The third kappa shape index (κ3) is 3.38. The van der Waals surface area contributed by atoms with Gasteiger partial charge >= 0.3 is 5.97 Å². The average Bonchev–Trinajstić information content (AvgIpc) is 2.56. The SMILES string of the molecule is CCOC(=O)C(=NO)c1cccc(C(=O)c2ccccc2)c1. The van der Waals surface area contributed by atoms with Crippen molar-refractivity contribution in [2.75, 3.05) is 6.61 Å². The Morgan fingerprint density at radius 3 is 2.27 bits per heavy atom. The molecule has 0 unspecified atom stereocenters. The molecule has 5 heteroatoms. The molecule has 0 heterocycles. The quantitative estimate of drug-likeness (QED) is 0.303. The van der Waals surface area contributed by atoms with E-state index < -0.39 is 5.97 Å². The smallest absolute Gasteiger partial charge is 0.361 e. The standard InChI is InChI=1S/C17H15NO4/c1-2-22-17(20)15(18-21)13-9-6-10-14(11-13)16(19)12-7-4-3-5-8-12/h3-11,21H,2H2,1H3. The lowest BCUT2D eigenvalue weighted by Crippen LogP contribution is -2.19. The Bertz CT molecular complexity index is 708. The van der Waals surface area contributed by atoms with E-state index in [0.29, 0.717) is 16.7 Å². The van der Waals surface area contributed by atoms with Gasteiger partial charge in [-0.15, -0.1) is 0 Å². The van der Waals surface area contributed by atoms with E-state index in [0.717, 1.165) is 0 Å². The molecule has 0 aliphatic carbocycles. The summed E-state index contributed by atoms with van der Waals surface area (Å²) in [4.78, 5) is 24.1. The van der Waals surface area contributed by atoms with Gasteiger partial charge in [0.25, 0.3) is 0 Å². The zero-order chi connectivity index (χ0) is 15.9. The van der Waals surface area contributed by atoms with Gasteiger partial charge in [-0.3, -0.25) is 4.79 Å². The summed E-state index contributed by atoms with van der Waals surface area (Å²) < 4.78 is 4.82. The van der Waals surface area contributed by atoms with Crippen molar-refractivity contribution in [3.63, 3.8) is 0 Å². The van der Waals surface area contributed by atoms with Crippen LogP contribution < -0.4 is 0 Å². The highest BCUT2D eigenvalue weighted by Crippen LogP contribution is 2.13. The highest BCUT2D eigenvalue weighted by atomic mass is 16.5. The summed E-state index contributed by atoms with van der Waals surface area (Å²) in [6, 6.07) is 15.1. The number of hydrogen-bond acceptors (Lipinski definition) is 5. The molecular formula is C17H15NO4. The number of esters is 1. The van der Waals surface area contributed by atoms with Crippen molar-refractivity contribution in [3.05, 3.63) is 71.3 Å². The van der Waals surface area contributed by atoms with E-state index in [-0.39, 0.29) is 18.1 Å². The van der Waals surface area contributed by atoms with Crippen LogP contribution in [-0.2, 0) is 9.53 Å². The first-order valence-electron chi connectivity index (χ1n) is 6.76. The Morgan fingerprint density at radius 1 is 1.00 bits per heavy atom. The van der Waals surface area contributed by atoms with Crippen LogP contribution in [0.3, 0.4) is 0 Å². The molecule has 2 aromatic carbocycles. The van der Waals surface area contributed by atoms with Crippen LogP contribution in [0, 0.1) is 0 Å². The van der Waals surface area contributed by atoms with Crippen molar-refractivity contribution >= 4 is 17.5 Å². The number of ether oxygens (including phenoxy) is 1. The fourth-order valence-electron chi connectivity index (χ4n) is 1.98. The molecule has 0 aliphatic rings. The van der Waals surface area contributed by atoms with Gasteiger partial charge in [0.05, 0.1) is 6.61 Å². The summed E-state index contributed by atoms with van der Waals surface area (Å²) in [7, 11) is 0. The summed E-state index contributed by atoms with van der Waals surface area (Å²) in [6.07, 6.45) is 0. The number of ketones is 1. The molecule has 0 bridgehead atoms. The number of hydrogen-bond donors (Lipinski definition) is 1. The van der Waals surface area contributed by atoms with Gasteiger partial charge in [0.1, 0.15) is 0 Å². The molecule has 2 aromatic rings. The minimum Gasteiger partial charge on any atom is -0.461 e. The van der Waals surface area contributed by atoms with E-state index in [4.69, 9.17) is 9.94 Å². The predicted octanol–water partition coefficient (Wildman–Crippen LogP) is 2.66. The number of benzene rings is 2. The van der Waals surface area contributed by atoms with Crippen LogP contribution in [0.5, 0.6) is 0 Å². The van der Waals surface area contributed by atoms with Crippen molar-refractivity contribution < 1.29 is 19.5 Å². The van der Waals surface area contributed by atoms with Gasteiger partial charge in [-0.2, -0.15) is 0 Å². The van der Waals surface area contributed by atoms with Crippen molar-refractivity contribution in [1.82, 2.24) is 0 Å². The van der Waals surface area contributed by atoms with E-state index in [1.54, 1.807) is 49.4 Å². The molecule has 0 radical (unpaired) electrons. The van der Waals surface area contributed by atoms with E-state index >= 15 is 0 Å². The van der Waals surface area contributed by atoms with Crippen molar-refractivity contribution in [1.29, 1.82) is 0 Å². The maximum Gasteiger partial charge on any atom is 0.361 e. The van der Waals surface area contributed by atoms with E-state index in [1.165, 1.54) is 6.07 Å². The Labute approximate surface area is 127 Å².